The fraction of sp³-hybridized carbons (Fsp3) is 0.111. The van der Waals surface area contributed by atoms with Gasteiger partial charge in [-0.15, -0.1) is 0 Å². The van der Waals surface area contributed by atoms with Crippen molar-refractivity contribution in [1.82, 2.24) is 5.32 Å². The summed E-state index contributed by atoms with van der Waals surface area (Å²) < 4.78 is 10.5. The third-order valence-electron chi connectivity index (χ3n) is 3.46. The molecule has 1 aliphatic heterocycles. The third-order valence-corrected chi connectivity index (χ3v) is 4.37. The Morgan fingerprint density at radius 1 is 1.12 bits per heavy atom. The van der Waals surface area contributed by atoms with E-state index < -0.39 is 0 Å². The number of hydrogen-bond acceptors (Lipinski definition) is 6. The van der Waals surface area contributed by atoms with Gasteiger partial charge in [0.2, 0.25) is 0 Å². The summed E-state index contributed by atoms with van der Waals surface area (Å²) in [5, 5.41) is 12.5. The number of phenolic OH excluding ortho intramolecular Hbond substituents is 1. The Hall–Kier alpha value is -2.93. The zero-order chi connectivity index (χ0) is 17.8. The molecule has 0 radical (unpaired) electrons. The van der Waals surface area contributed by atoms with Crippen molar-refractivity contribution in [2.45, 2.75) is 0 Å². The van der Waals surface area contributed by atoms with Gasteiger partial charge in [0.25, 0.3) is 5.91 Å². The smallest absolute Gasteiger partial charge is 0.264 e. The summed E-state index contributed by atoms with van der Waals surface area (Å²) >= 11 is 1.24. The van der Waals surface area contributed by atoms with Crippen LogP contribution in [0.1, 0.15) is 5.56 Å². The largest absolute Gasteiger partial charge is 0.508 e. The van der Waals surface area contributed by atoms with Gasteiger partial charge >= 0.3 is 0 Å². The molecule has 0 aromatic heterocycles. The van der Waals surface area contributed by atoms with E-state index in [-0.39, 0.29) is 11.7 Å². The molecule has 0 atom stereocenters. The van der Waals surface area contributed by atoms with E-state index in [2.05, 4.69) is 10.3 Å². The molecule has 2 N–H and O–H groups in total. The predicted octanol–water partition coefficient (Wildman–Crippen LogP) is 3.30. The Morgan fingerprint density at radius 3 is 2.56 bits per heavy atom. The number of ether oxygens (including phenoxy) is 2. The Labute approximate surface area is 149 Å². The molecule has 0 saturated carbocycles. The van der Waals surface area contributed by atoms with E-state index in [0.29, 0.717) is 27.3 Å². The molecule has 128 valence electrons. The first-order chi connectivity index (χ1) is 12.1. The van der Waals surface area contributed by atoms with E-state index in [1.807, 2.05) is 6.07 Å². The van der Waals surface area contributed by atoms with Crippen LogP contribution in [0.15, 0.2) is 52.4 Å². The van der Waals surface area contributed by atoms with Crippen molar-refractivity contribution in [3.63, 3.8) is 0 Å². The Balaban J connectivity index is 1.85. The highest BCUT2D eigenvalue weighted by molar-refractivity contribution is 8.18. The number of benzene rings is 2. The quantitative estimate of drug-likeness (QED) is 0.822. The average Bonchev–Trinajstić information content (AvgIpc) is 2.96. The number of hydrogen-bond donors (Lipinski definition) is 2. The lowest BCUT2D eigenvalue weighted by molar-refractivity contribution is -0.115. The highest BCUT2D eigenvalue weighted by Gasteiger charge is 2.24. The molecule has 2 aromatic rings. The number of nitrogens with zero attached hydrogens (tertiary/aromatic N) is 1. The lowest BCUT2D eigenvalue weighted by Crippen LogP contribution is -2.19. The highest BCUT2D eigenvalue weighted by Crippen LogP contribution is 2.32. The molecule has 1 saturated heterocycles. The topological polar surface area (TPSA) is 80.2 Å². The molecule has 0 bridgehead atoms. The molecule has 0 aliphatic carbocycles. The van der Waals surface area contributed by atoms with Crippen molar-refractivity contribution in [3.8, 4) is 17.2 Å². The number of amides is 1. The molecular formula is C18H16N2O4S. The number of carbonyl (C=O) groups excluding carboxylic acids is 1. The van der Waals surface area contributed by atoms with Crippen LogP contribution >= 0.6 is 11.8 Å². The van der Waals surface area contributed by atoms with Crippen LogP contribution in [0.2, 0.25) is 0 Å². The minimum atomic E-state index is -0.222. The molecule has 7 heteroatoms. The van der Waals surface area contributed by atoms with Crippen molar-refractivity contribution in [2.24, 2.45) is 4.99 Å². The van der Waals surface area contributed by atoms with Gasteiger partial charge in [0, 0.05) is 11.6 Å². The van der Waals surface area contributed by atoms with Crippen LogP contribution in [0.5, 0.6) is 17.2 Å². The van der Waals surface area contributed by atoms with Gasteiger partial charge in [-0.3, -0.25) is 4.79 Å². The van der Waals surface area contributed by atoms with E-state index in [4.69, 9.17) is 9.47 Å². The molecule has 1 aliphatic rings. The van der Waals surface area contributed by atoms with Crippen LogP contribution < -0.4 is 14.8 Å². The van der Waals surface area contributed by atoms with Crippen LogP contribution in [0.4, 0.5) is 5.69 Å². The first kappa shape index (κ1) is 16.9. The average molecular weight is 356 g/mol. The monoisotopic (exact) mass is 356 g/mol. The van der Waals surface area contributed by atoms with Crippen molar-refractivity contribution in [3.05, 3.63) is 52.9 Å². The Morgan fingerprint density at radius 2 is 1.88 bits per heavy atom. The zero-order valence-corrected chi connectivity index (χ0v) is 14.5. The first-order valence-corrected chi connectivity index (χ1v) is 8.21. The maximum atomic E-state index is 12.2. The molecule has 0 unspecified atom stereocenters. The van der Waals surface area contributed by atoms with Gasteiger partial charge in [-0.05, 0) is 54.2 Å². The number of carbonyl (C=O) groups is 1. The standard InChI is InChI=1S/C18H16N2O4S/c1-23-14-8-3-11(15(10-14)24-2)9-16-17(22)20-18(25-16)19-12-4-6-13(21)7-5-12/h3-10,21H,1-2H3,(H,19,20,22)/b16-9-. The van der Waals surface area contributed by atoms with Crippen molar-refractivity contribution < 1.29 is 19.4 Å². The Bertz CT molecular complexity index is 860. The number of thioether (sulfide) groups is 1. The summed E-state index contributed by atoms with van der Waals surface area (Å²) in [6.07, 6.45) is 1.75. The zero-order valence-electron chi connectivity index (χ0n) is 13.6. The molecular weight excluding hydrogens is 340 g/mol. The van der Waals surface area contributed by atoms with E-state index in [9.17, 15) is 9.90 Å². The second-order valence-corrected chi connectivity index (χ2v) is 6.14. The van der Waals surface area contributed by atoms with Crippen LogP contribution in [-0.4, -0.2) is 30.4 Å². The lowest BCUT2D eigenvalue weighted by Gasteiger charge is -2.07. The summed E-state index contributed by atoms with van der Waals surface area (Å²) in [5.41, 5.74) is 1.41. The summed E-state index contributed by atoms with van der Waals surface area (Å²) in [4.78, 5) is 17.0. The summed E-state index contributed by atoms with van der Waals surface area (Å²) in [6.45, 7) is 0. The van der Waals surface area contributed by atoms with E-state index in [0.717, 1.165) is 5.56 Å². The Kier molecular flexibility index (Phi) is 4.95. The first-order valence-electron chi connectivity index (χ1n) is 7.39. The molecule has 6 nitrogen and oxygen atoms in total. The maximum absolute atomic E-state index is 12.2. The van der Waals surface area contributed by atoms with Crippen LogP contribution in [0.3, 0.4) is 0 Å². The van der Waals surface area contributed by atoms with E-state index in [1.54, 1.807) is 56.7 Å². The third kappa shape index (κ3) is 3.95. The fourth-order valence-corrected chi connectivity index (χ4v) is 3.04. The summed E-state index contributed by atoms with van der Waals surface area (Å²) in [5.74, 6) is 1.24. The molecule has 0 spiro atoms. The van der Waals surface area contributed by atoms with Crippen molar-refractivity contribution in [1.29, 1.82) is 0 Å². The number of nitrogens with one attached hydrogen (secondary N) is 1. The number of rotatable bonds is 4. The van der Waals surface area contributed by atoms with Crippen molar-refractivity contribution >= 4 is 34.6 Å². The normalized spacial score (nSPS) is 17.0. The highest BCUT2D eigenvalue weighted by atomic mass is 32.2. The van der Waals surface area contributed by atoms with Crippen LogP contribution in [0.25, 0.3) is 6.08 Å². The minimum absolute atomic E-state index is 0.166. The molecule has 1 heterocycles. The number of aliphatic imine (C=N–C) groups is 1. The second kappa shape index (κ2) is 7.31. The number of amidine groups is 1. The van der Waals surface area contributed by atoms with Gasteiger partial charge in [-0.1, -0.05) is 0 Å². The second-order valence-electron chi connectivity index (χ2n) is 5.11. The lowest BCUT2D eigenvalue weighted by atomic mass is 10.1. The molecule has 2 aromatic carbocycles. The summed E-state index contributed by atoms with van der Waals surface area (Å²) in [6, 6.07) is 11.8. The van der Waals surface area contributed by atoms with E-state index in [1.165, 1.54) is 11.8 Å². The van der Waals surface area contributed by atoms with Gasteiger partial charge in [-0.2, -0.15) is 0 Å². The minimum Gasteiger partial charge on any atom is -0.508 e. The van der Waals surface area contributed by atoms with Crippen molar-refractivity contribution in [2.75, 3.05) is 14.2 Å². The van der Waals surface area contributed by atoms with Gasteiger partial charge < -0.3 is 19.9 Å². The number of aromatic hydroxyl groups is 1. The number of methoxy groups -OCH3 is 2. The molecule has 25 heavy (non-hydrogen) atoms. The number of phenols is 1. The molecule has 1 amide bonds. The van der Waals surface area contributed by atoms with Crippen LogP contribution in [-0.2, 0) is 4.79 Å². The van der Waals surface area contributed by atoms with Gasteiger partial charge in [0.05, 0.1) is 24.8 Å². The fourth-order valence-electron chi connectivity index (χ4n) is 2.20. The van der Waals surface area contributed by atoms with Gasteiger partial charge in [0.1, 0.15) is 17.2 Å². The molecule has 3 rings (SSSR count). The van der Waals surface area contributed by atoms with Gasteiger partial charge in [0.15, 0.2) is 5.17 Å². The van der Waals surface area contributed by atoms with E-state index >= 15 is 0 Å². The van der Waals surface area contributed by atoms with Crippen LogP contribution in [0, 0.1) is 0 Å². The summed E-state index contributed by atoms with van der Waals surface area (Å²) in [7, 11) is 3.15. The molecule has 1 fully saturated rings. The SMILES string of the molecule is COc1ccc(/C=C2\SC(=Nc3ccc(O)cc3)NC2=O)c(OC)c1. The maximum Gasteiger partial charge on any atom is 0.264 e. The predicted molar refractivity (Wildman–Crippen MR) is 98.5 cm³/mol. The van der Waals surface area contributed by atoms with Gasteiger partial charge in [-0.25, -0.2) is 4.99 Å².